The quantitative estimate of drug-likeness (QED) is 0.726. The topological polar surface area (TPSA) is 46.2 Å². The minimum atomic E-state index is -0.736. The Morgan fingerprint density at radius 1 is 1.73 bits per heavy atom. The zero-order valence-electron chi connectivity index (χ0n) is 5.96. The largest absolute Gasteiger partial charge is 0.387 e. The van der Waals surface area contributed by atoms with Crippen molar-refractivity contribution in [3.05, 3.63) is 22.1 Å². The molecule has 4 heteroatoms. The first-order valence-electron chi connectivity index (χ1n) is 3.36. The van der Waals surface area contributed by atoms with Crippen molar-refractivity contribution in [2.75, 3.05) is 6.54 Å². The monoisotopic (exact) mass is 175 g/mol. The number of hydrogen-bond donors (Lipinski definition) is 2. The van der Waals surface area contributed by atoms with Gasteiger partial charge < -0.3 is 10.8 Å². The molecule has 0 saturated heterocycles. The Bertz CT molecular complexity index is 226. The van der Waals surface area contributed by atoms with Crippen molar-refractivity contribution < 1.29 is 9.50 Å². The van der Waals surface area contributed by atoms with E-state index in [1.807, 2.05) is 0 Å². The van der Waals surface area contributed by atoms with Gasteiger partial charge in [0, 0.05) is 0 Å². The van der Waals surface area contributed by atoms with Crippen LogP contribution in [0.3, 0.4) is 0 Å². The van der Waals surface area contributed by atoms with Crippen molar-refractivity contribution in [2.45, 2.75) is 12.5 Å². The fourth-order valence-electron chi connectivity index (χ4n) is 0.832. The van der Waals surface area contributed by atoms with Gasteiger partial charge in [-0.2, -0.15) is 0 Å². The molecule has 0 aliphatic carbocycles. The summed E-state index contributed by atoms with van der Waals surface area (Å²) in [5.74, 6) is -0.337. The highest BCUT2D eigenvalue weighted by molar-refractivity contribution is 7.10. The molecule has 0 fully saturated rings. The molecule has 0 aliphatic heterocycles. The number of aliphatic hydroxyl groups is 1. The summed E-state index contributed by atoms with van der Waals surface area (Å²) < 4.78 is 12.7. The minimum absolute atomic E-state index is 0.337. The van der Waals surface area contributed by atoms with Crippen molar-refractivity contribution in [2.24, 2.45) is 5.73 Å². The second-order valence-corrected chi connectivity index (χ2v) is 3.17. The number of nitrogens with two attached hydrogens (primary N) is 1. The van der Waals surface area contributed by atoms with Gasteiger partial charge in [-0.1, -0.05) is 0 Å². The van der Waals surface area contributed by atoms with Crippen LogP contribution >= 0.6 is 11.3 Å². The number of hydrogen-bond acceptors (Lipinski definition) is 3. The Hall–Kier alpha value is -0.450. The molecule has 2 nitrogen and oxygen atoms in total. The molecule has 11 heavy (non-hydrogen) atoms. The van der Waals surface area contributed by atoms with Gasteiger partial charge in [-0.3, -0.25) is 0 Å². The second-order valence-electron chi connectivity index (χ2n) is 2.23. The third-order valence-electron chi connectivity index (χ3n) is 1.39. The zero-order valence-corrected chi connectivity index (χ0v) is 6.77. The Morgan fingerprint density at radius 3 is 2.91 bits per heavy atom. The maximum Gasteiger partial charge on any atom is 0.139 e. The Balaban J connectivity index is 2.67. The maximum atomic E-state index is 12.7. The van der Waals surface area contributed by atoms with Crippen LogP contribution in [-0.2, 0) is 0 Å². The molecule has 0 aromatic carbocycles. The van der Waals surface area contributed by atoms with Crippen LogP contribution in [-0.4, -0.2) is 11.7 Å². The van der Waals surface area contributed by atoms with Crippen LogP contribution in [0.4, 0.5) is 4.39 Å². The van der Waals surface area contributed by atoms with E-state index in [0.717, 1.165) is 0 Å². The maximum absolute atomic E-state index is 12.7. The molecule has 0 bridgehead atoms. The molecule has 0 aliphatic rings. The summed E-state index contributed by atoms with van der Waals surface area (Å²) >= 11 is 1.22. The fourth-order valence-corrected chi connectivity index (χ4v) is 1.62. The Morgan fingerprint density at radius 2 is 2.45 bits per heavy atom. The van der Waals surface area contributed by atoms with E-state index in [4.69, 9.17) is 5.73 Å². The highest BCUT2D eigenvalue weighted by atomic mass is 32.1. The summed E-state index contributed by atoms with van der Waals surface area (Å²) in [6.07, 6.45) is -0.322. The molecule has 62 valence electrons. The molecule has 0 amide bonds. The summed E-state index contributed by atoms with van der Waals surface area (Å²) in [4.78, 5) is 0.385. The third kappa shape index (κ3) is 1.99. The van der Waals surface area contributed by atoms with Gasteiger partial charge in [-0.05, 0) is 24.4 Å². The summed E-state index contributed by atoms with van der Waals surface area (Å²) in [5.41, 5.74) is 5.21. The average Bonchev–Trinajstić information content (AvgIpc) is 2.36. The molecule has 1 heterocycles. The molecule has 1 unspecified atom stereocenters. The van der Waals surface area contributed by atoms with Crippen molar-refractivity contribution >= 4 is 11.3 Å². The van der Waals surface area contributed by atoms with Crippen LogP contribution in [0, 0.1) is 5.82 Å². The molecule has 1 aromatic rings. The van der Waals surface area contributed by atoms with Crippen LogP contribution in [0.15, 0.2) is 11.4 Å². The second kappa shape index (κ2) is 3.80. The summed E-state index contributed by atoms with van der Waals surface area (Å²) in [5, 5.41) is 10.9. The van der Waals surface area contributed by atoms with Gasteiger partial charge in [0.2, 0.25) is 0 Å². The van der Waals surface area contributed by atoms with Crippen LogP contribution < -0.4 is 5.73 Å². The summed E-state index contributed by atoms with van der Waals surface area (Å²) in [6.45, 7) is 0.374. The SMILES string of the molecule is NCCC(O)c1sccc1F. The van der Waals surface area contributed by atoms with E-state index in [9.17, 15) is 9.50 Å². The van der Waals surface area contributed by atoms with E-state index in [2.05, 4.69) is 0 Å². The highest BCUT2D eigenvalue weighted by Crippen LogP contribution is 2.24. The van der Waals surface area contributed by atoms with E-state index in [1.165, 1.54) is 17.4 Å². The van der Waals surface area contributed by atoms with E-state index in [0.29, 0.717) is 17.8 Å². The minimum Gasteiger partial charge on any atom is -0.387 e. The van der Waals surface area contributed by atoms with Crippen molar-refractivity contribution in [1.82, 2.24) is 0 Å². The number of rotatable bonds is 3. The molecule has 0 spiro atoms. The summed E-state index contributed by atoms with van der Waals surface area (Å²) in [6, 6.07) is 1.35. The predicted octanol–water partition coefficient (Wildman–Crippen LogP) is 1.27. The number of aliphatic hydroxyl groups excluding tert-OH is 1. The number of halogens is 1. The van der Waals surface area contributed by atoms with Gasteiger partial charge in [0.1, 0.15) is 5.82 Å². The molecule has 0 saturated carbocycles. The lowest BCUT2D eigenvalue weighted by molar-refractivity contribution is 0.170. The molecule has 1 rings (SSSR count). The Kier molecular flexibility index (Phi) is 2.99. The molecular formula is C7H10FNOS. The third-order valence-corrected chi connectivity index (χ3v) is 2.38. The lowest BCUT2D eigenvalue weighted by Crippen LogP contribution is -2.06. The smallest absolute Gasteiger partial charge is 0.139 e. The van der Waals surface area contributed by atoms with Gasteiger partial charge in [0.15, 0.2) is 0 Å². The highest BCUT2D eigenvalue weighted by Gasteiger charge is 2.12. The molecule has 1 aromatic heterocycles. The standard InChI is InChI=1S/C7H10FNOS/c8-5-2-4-11-7(5)6(10)1-3-9/h2,4,6,10H,1,3,9H2. The first-order valence-corrected chi connectivity index (χ1v) is 4.24. The predicted molar refractivity (Wildman–Crippen MR) is 42.9 cm³/mol. The number of thiophene rings is 1. The molecule has 0 radical (unpaired) electrons. The first-order chi connectivity index (χ1) is 5.25. The van der Waals surface area contributed by atoms with Gasteiger partial charge >= 0.3 is 0 Å². The van der Waals surface area contributed by atoms with Crippen molar-refractivity contribution in [1.29, 1.82) is 0 Å². The van der Waals surface area contributed by atoms with Crippen LogP contribution in [0.5, 0.6) is 0 Å². The van der Waals surface area contributed by atoms with E-state index < -0.39 is 6.10 Å². The van der Waals surface area contributed by atoms with Crippen molar-refractivity contribution in [3.8, 4) is 0 Å². The lowest BCUT2D eigenvalue weighted by atomic mass is 10.2. The van der Waals surface area contributed by atoms with Gasteiger partial charge in [-0.25, -0.2) is 4.39 Å². The Labute approximate surface area is 68.5 Å². The van der Waals surface area contributed by atoms with Gasteiger partial charge in [-0.15, -0.1) is 11.3 Å². The molecular weight excluding hydrogens is 165 g/mol. The van der Waals surface area contributed by atoms with E-state index in [-0.39, 0.29) is 5.82 Å². The molecule has 1 atom stereocenters. The van der Waals surface area contributed by atoms with Gasteiger partial charge in [0.05, 0.1) is 11.0 Å². The summed E-state index contributed by atoms with van der Waals surface area (Å²) in [7, 11) is 0. The van der Waals surface area contributed by atoms with Crippen molar-refractivity contribution in [3.63, 3.8) is 0 Å². The van der Waals surface area contributed by atoms with Crippen LogP contribution in [0.2, 0.25) is 0 Å². The van der Waals surface area contributed by atoms with E-state index >= 15 is 0 Å². The normalized spacial score (nSPS) is 13.4. The zero-order chi connectivity index (χ0) is 8.27. The first kappa shape index (κ1) is 8.64. The van der Waals surface area contributed by atoms with Crippen LogP contribution in [0.1, 0.15) is 17.4 Å². The van der Waals surface area contributed by atoms with Crippen LogP contribution in [0.25, 0.3) is 0 Å². The average molecular weight is 175 g/mol. The van der Waals surface area contributed by atoms with Gasteiger partial charge in [0.25, 0.3) is 0 Å². The molecule has 3 N–H and O–H groups in total. The fraction of sp³-hybridized carbons (Fsp3) is 0.429. The van der Waals surface area contributed by atoms with E-state index in [1.54, 1.807) is 5.38 Å². The lowest BCUT2D eigenvalue weighted by Gasteiger charge is -2.05.